The fraction of sp³-hybridized carbons (Fsp3) is 0.438. The topological polar surface area (TPSA) is 88.7 Å². The van der Waals surface area contributed by atoms with E-state index < -0.39 is 6.10 Å². The van der Waals surface area contributed by atoms with Crippen molar-refractivity contribution in [2.24, 2.45) is 0 Å². The largest absolute Gasteiger partial charge is 0.493 e. The minimum absolute atomic E-state index is 0.124. The number of amides is 1. The minimum Gasteiger partial charge on any atom is -0.493 e. The molecule has 2 heterocycles. The van der Waals surface area contributed by atoms with Crippen LogP contribution in [0.5, 0.6) is 5.75 Å². The number of halogens is 1. The number of benzene rings is 1. The molecule has 0 saturated carbocycles. The van der Waals surface area contributed by atoms with Crippen LogP contribution in [0.2, 0.25) is 5.02 Å². The van der Waals surface area contributed by atoms with Gasteiger partial charge < -0.3 is 19.3 Å². The van der Waals surface area contributed by atoms with E-state index in [1.807, 2.05) is 0 Å². The molecule has 1 aromatic carbocycles. The van der Waals surface area contributed by atoms with E-state index >= 15 is 0 Å². The average molecular weight is 352 g/mol. The molecule has 0 bridgehead atoms. The molecule has 1 aliphatic rings. The van der Waals surface area contributed by atoms with Crippen LogP contribution in [-0.2, 0) is 4.79 Å². The molecule has 0 spiro atoms. The van der Waals surface area contributed by atoms with Gasteiger partial charge in [-0.25, -0.2) is 0 Å². The summed E-state index contributed by atoms with van der Waals surface area (Å²) >= 11 is 5.81. The molecule has 0 radical (unpaired) electrons. The third-order valence-electron chi connectivity index (χ3n) is 3.83. The van der Waals surface area contributed by atoms with Gasteiger partial charge in [0.25, 0.3) is 0 Å². The molecule has 24 heavy (non-hydrogen) atoms. The van der Waals surface area contributed by atoms with Gasteiger partial charge in [-0.05, 0) is 31.2 Å². The first-order chi connectivity index (χ1) is 11.5. The molecule has 8 heteroatoms. The summed E-state index contributed by atoms with van der Waals surface area (Å²) in [5.41, 5.74) is 0. The van der Waals surface area contributed by atoms with Crippen LogP contribution >= 0.6 is 11.6 Å². The van der Waals surface area contributed by atoms with Crippen LogP contribution in [0.3, 0.4) is 0 Å². The van der Waals surface area contributed by atoms with Gasteiger partial charge in [-0.1, -0.05) is 16.8 Å². The number of carbonyl (C=O) groups excluding carboxylic acids is 1. The van der Waals surface area contributed by atoms with Gasteiger partial charge in [0.1, 0.15) is 11.8 Å². The Balaban J connectivity index is 1.57. The van der Waals surface area contributed by atoms with Crippen molar-refractivity contribution in [3.05, 3.63) is 41.0 Å². The lowest BCUT2D eigenvalue weighted by Gasteiger charge is -2.21. The maximum absolute atomic E-state index is 12.4. The van der Waals surface area contributed by atoms with Gasteiger partial charge in [-0.3, -0.25) is 4.79 Å². The van der Waals surface area contributed by atoms with Crippen LogP contribution in [0.25, 0.3) is 0 Å². The van der Waals surface area contributed by atoms with Crippen molar-refractivity contribution in [3.8, 4) is 5.75 Å². The number of nitrogens with zero attached hydrogens (tertiary/aromatic N) is 3. The number of aliphatic hydroxyl groups is 1. The van der Waals surface area contributed by atoms with E-state index in [1.165, 1.54) is 0 Å². The molecule has 3 rings (SSSR count). The maximum Gasteiger partial charge on any atom is 0.249 e. The summed E-state index contributed by atoms with van der Waals surface area (Å²) in [6.45, 7) is 2.21. The highest BCUT2D eigenvalue weighted by molar-refractivity contribution is 6.30. The molecule has 1 saturated heterocycles. The number of aryl methyl sites for hydroxylation is 1. The Hall–Kier alpha value is -2.12. The van der Waals surface area contributed by atoms with Crippen molar-refractivity contribution in [2.75, 3.05) is 13.2 Å². The van der Waals surface area contributed by atoms with Gasteiger partial charge in [0.05, 0.1) is 19.1 Å². The normalized spacial score (nSPS) is 20.4. The number of aliphatic hydroxyl groups excluding tert-OH is 1. The summed E-state index contributed by atoms with van der Waals surface area (Å²) in [5.74, 6) is 1.39. The van der Waals surface area contributed by atoms with Crippen molar-refractivity contribution >= 4 is 17.5 Å². The Morgan fingerprint density at radius 1 is 1.46 bits per heavy atom. The first kappa shape index (κ1) is 16.7. The van der Waals surface area contributed by atoms with Crippen molar-refractivity contribution < 1.29 is 19.2 Å². The van der Waals surface area contributed by atoms with Gasteiger partial charge in [-0.2, -0.15) is 4.98 Å². The number of ether oxygens (including phenoxy) is 1. The number of aromatic nitrogens is 2. The molecule has 1 amide bonds. The Kier molecular flexibility index (Phi) is 5.01. The Morgan fingerprint density at radius 2 is 2.21 bits per heavy atom. The standard InChI is InChI=1S/C16H18ClN3O4/c1-10-18-16(24-19-10)14-8-12(21)9-20(14)15(22)6-7-23-13-4-2-11(17)3-5-13/h2-5,12,14,21H,6-9H2,1H3/t12-,14-/m1/s1. The zero-order chi connectivity index (χ0) is 17.1. The lowest BCUT2D eigenvalue weighted by molar-refractivity contribution is -0.133. The van der Waals surface area contributed by atoms with Crippen molar-refractivity contribution in [1.29, 1.82) is 0 Å². The van der Waals surface area contributed by atoms with Gasteiger partial charge in [-0.15, -0.1) is 0 Å². The number of carbonyl (C=O) groups is 1. The van der Waals surface area contributed by atoms with Crippen LogP contribution in [0.4, 0.5) is 0 Å². The monoisotopic (exact) mass is 351 g/mol. The summed E-state index contributed by atoms with van der Waals surface area (Å²) in [4.78, 5) is 18.2. The van der Waals surface area contributed by atoms with Crippen LogP contribution in [0.1, 0.15) is 30.6 Å². The zero-order valence-corrected chi connectivity index (χ0v) is 13.9. The van der Waals surface area contributed by atoms with E-state index in [0.717, 1.165) is 0 Å². The third kappa shape index (κ3) is 3.85. The van der Waals surface area contributed by atoms with Gasteiger partial charge in [0, 0.05) is 18.0 Å². The number of β-amino-alcohol motifs (C(OH)–C–C–N with tert-alkyl or cyclic N) is 1. The Labute approximate surface area is 144 Å². The Bertz CT molecular complexity index is 704. The average Bonchev–Trinajstić information content (AvgIpc) is 3.15. The molecule has 0 aliphatic carbocycles. The zero-order valence-electron chi connectivity index (χ0n) is 13.2. The molecule has 1 aliphatic heterocycles. The number of rotatable bonds is 5. The van der Waals surface area contributed by atoms with E-state index in [4.69, 9.17) is 20.9 Å². The van der Waals surface area contributed by atoms with Crippen molar-refractivity contribution in [1.82, 2.24) is 15.0 Å². The number of likely N-dealkylation sites (tertiary alicyclic amines) is 1. The highest BCUT2D eigenvalue weighted by Gasteiger charge is 2.38. The summed E-state index contributed by atoms with van der Waals surface area (Å²) in [7, 11) is 0. The first-order valence-corrected chi connectivity index (χ1v) is 8.07. The maximum atomic E-state index is 12.4. The molecule has 2 atom stereocenters. The highest BCUT2D eigenvalue weighted by atomic mass is 35.5. The van der Waals surface area contributed by atoms with Crippen LogP contribution < -0.4 is 4.74 Å². The second kappa shape index (κ2) is 7.19. The lowest BCUT2D eigenvalue weighted by atomic mass is 10.2. The summed E-state index contributed by atoms with van der Waals surface area (Å²) in [6.07, 6.45) is -0.00645. The second-order valence-electron chi connectivity index (χ2n) is 5.68. The smallest absolute Gasteiger partial charge is 0.249 e. The van der Waals surface area contributed by atoms with Gasteiger partial charge >= 0.3 is 0 Å². The Morgan fingerprint density at radius 3 is 2.88 bits per heavy atom. The molecule has 2 aromatic rings. The number of hydrogen-bond donors (Lipinski definition) is 1. The quantitative estimate of drug-likeness (QED) is 0.887. The molecule has 7 nitrogen and oxygen atoms in total. The van der Waals surface area contributed by atoms with Gasteiger partial charge in [0.2, 0.25) is 11.8 Å². The lowest BCUT2D eigenvalue weighted by Crippen LogP contribution is -2.32. The first-order valence-electron chi connectivity index (χ1n) is 7.69. The molecular weight excluding hydrogens is 334 g/mol. The van der Waals surface area contributed by atoms with Crippen LogP contribution in [-0.4, -0.2) is 45.3 Å². The highest BCUT2D eigenvalue weighted by Crippen LogP contribution is 2.31. The van der Waals surface area contributed by atoms with Crippen LogP contribution in [0.15, 0.2) is 28.8 Å². The molecule has 128 valence electrons. The number of hydrogen-bond acceptors (Lipinski definition) is 6. The van der Waals surface area contributed by atoms with Crippen molar-refractivity contribution in [2.45, 2.75) is 31.9 Å². The van der Waals surface area contributed by atoms with E-state index in [0.29, 0.717) is 28.9 Å². The van der Waals surface area contributed by atoms with Gasteiger partial charge in [0.15, 0.2) is 5.82 Å². The van der Waals surface area contributed by atoms with Crippen molar-refractivity contribution in [3.63, 3.8) is 0 Å². The second-order valence-corrected chi connectivity index (χ2v) is 6.12. The summed E-state index contributed by atoms with van der Waals surface area (Å²) in [6, 6.07) is 6.56. The summed E-state index contributed by atoms with van der Waals surface area (Å²) in [5, 5.41) is 14.3. The third-order valence-corrected chi connectivity index (χ3v) is 4.08. The van der Waals surface area contributed by atoms with E-state index in [2.05, 4.69) is 10.1 Å². The molecular formula is C16H18ClN3O4. The molecule has 1 aromatic heterocycles. The van der Waals surface area contributed by atoms with E-state index in [-0.39, 0.29) is 31.5 Å². The van der Waals surface area contributed by atoms with Crippen LogP contribution in [0, 0.1) is 6.92 Å². The molecule has 1 fully saturated rings. The molecule has 0 unspecified atom stereocenters. The fourth-order valence-corrected chi connectivity index (χ4v) is 2.83. The minimum atomic E-state index is -0.594. The SMILES string of the molecule is Cc1noc([C@H]2C[C@@H](O)CN2C(=O)CCOc2ccc(Cl)cc2)n1. The van der Waals surface area contributed by atoms with E-state index in [1.54, 1.807) is 36.1 Å². The molecule has 1 N–H and O–H groups in total. The summed E-state index contributed by atoms with van der Waals surface area (Å²) < 4.78 is 10.7. The predicted octanol–water partition coefficient (Wildman–Crippen LogP) is 2.13. The predicted molar refractivity (Wildman–Crippen MR) is 85.7 cm³/mol. The van der Waals surface area contributed by atoms with E-state index in [9.17, 15) is 9.90 Å². The fourth-order valence-electron chi connectivity index (χ4n) is 2.70.